The Bertz CT molecular complexity index is 634. The minimum absolute atomic E-state index is 0.0177. The van der Waals surface area contributed by atoms with Crippen LogP contribution < -0.4 is 5.32 Å². The number of amides is 3. The van der Waals surface area contributed by atoms with E-state index in [-0.39, 0.29) is 48.3 Å². The van der Waals surface area contributed by atoms with Gasteiger partial charge in [-0.2, -0.15) is 0 Å². The average molecular weight is 379 g/mol. The third-order valence-electron chi connectivity index (χ3n) is 4.66. The molecule has 0 bridgehead atoms. The minimum Gasteiger partial charge on any atom is -0.341 e. The molecule has 0 aliphatic carbocycles. The zero-order valence-corrected chi connectivity index (χ0v) is 14.6. The van der Waals surface area contributed by atoms with E-state index in [0.717, 1.165) is 4.47 Å². The predicted octanol–water partition coefficient (Wildman–Crippen LogP) is 1.99. The lowest BCUT2D eigenvalue weighted by atomic mass is 9.75. The molecule has 0 aromatic heterocycles. The molecule has 3 amide bonds. The first-order chi connectivity index (χ1) is 10.9. The minimum atomic E-state index is -0.276. The van der Waals surface area contributed by atoms with Crippen LogP contribution in [0.2, 0.25) is 0 Å². The van der Waals surface area contributed by atoms with Crippen LogP contribution in [0.1, 0.15) is 31.7 Å². The van der Waals surface area contributed by atoms with Gasteiger partial charge in [0.05, 0.1) is 0 Å². The number of hydrogen-bond acceptors (Lipinski definition) is 3. The zero-order valence-electron chi connectivity index (χ0n) is 13.0. The standard InChI is InChI=1S/C17H19BrN2O3/c1-17(12-2-4-13(18)5-3-12)9-20(10-17)16(23)8-11-6-14(21)19-15(22)7-11/h2-5,11H,6-10H2,1H3,(H,19,21,22). The molecular formula is C17H19BrN2O3. The molecule has 3 rings (SSSR count). The second-order valence-electron chi connectivity index (χ2n) is 6.77. The van der Waals surface area contributed by atoms with Gasteiger partial charge in [-0.1, -0.05) is 35.0 Å². The lowest BCUT2D eigenvalue weighted by Crippen LogP contribution is -2.60. The summed E-state index contributed by atoms with van der Waals surface area (Å²) >= 11 is 3.43. The van der Waals surface area contributed by atoms with E-state index in [1.54, 1.807) is 0 Å². The first-order valence-electron chi connectivity index (χ1n) is 7.72. The molecule has 0 saturated carbocycles. The summed E-state index contributed by atoms with van der Waals surface area (Å²) in [6.07, 6.45) is 0.792. The Balaban J connectivity index is 1.56. The fourth-order valence-corrected chi connectivity index (χ4v) is 3.65. The molecule has 2 fully saturated rings. The summed E-state index contributed by atoms with van der Waals surface area (Å²) in [5.74, 6) is -0.680. The van der Waals surface area contributed by atoms with Crippen molar-refractivity contribution < 1.29 is 14.4 Å². The normalized spacial score (nSPS) is 20.9. The third-order valence-corrected chi connectivity index (χ3v) is 5.19. The molecule has 2 saturated heterocycles. The molecule has 1 aromatic carbocycles. The van der Waals surface area contributed by atoms with Crippen molar-refractivity contribution in [2.24, 2.45) is 5.92 Å². The highest BCUT2D eigenvalue weighted by Crippen LogP contribution is 2.35. The summed E-state index contributed by atoms with van der Waals surface area (Å²) in [6.45, 7) is 3.51. The summed E-state index contributed by atoms with van der Waals surface area (Å²) in [4.78, 5) is 36.9. The number of likely N-dealkylation sites (tertiary alicyclic amines) is 1. The molecule has 23 heavy (non-hydrogen) atoms. The summed E-state index contributed by atoms with van der Waals surface area (Å²) in [5, 5.41) is 2.27. The second kappa shape index (κ2) is 6.07. The maximum atomic E-state index is 12.4. The van der Waals surface area contributed by atoms with Crippen LogP contribution >= 0.6 is 15.9 Å². The summed E-state index contributed by atoms with van der Waals surface area (Å²) in [5.41, 5.74) is 1.20. The van der Waals surface area contributed by atoms with Crippen molar-refractivity contribution in [3.8, 4) is 0 Å². The Hall–Kier alpha value is -1.69. The van der Waals surface area contributed by atoms with E-state index in [1.807, 2.05) is 17.0 Å². The molecule has 1 aromatic rings. The van der Waals surface area contributed by atoms with Gasteiger partial charge in [0.15, 0.2) is 0 Å². The second-order valence-corrected chi connectivity index (χ2v) is 7.68. The number of carbonyl (C=O) groups excluding carboxylic acids is 3. The predicted molar refractivity (Wildman–Crippen MR) is 88.6 cm³/mol. The molecule has 6 heteroatoms. The molecule has 0 atom stereocenters. The first kappa shape index (κ1) is 16.2. The highest BCUT2D eigenvalue weighted by atomic mass is 79.9. The van der Waals surface area contributed by atoms with Gasteiger partial charge < -0.3 is 4.90 Å². The van der Waals surface area contributed by atoms with Crippen LogP contribution in [0.3, 0.4) is 0 Å². The summed E-state index contributed by atoms with van der Waals surface area (Å²) in [6, 6.07) is 8.18. The molecular weight excluding hydrogens is 360 g/mol. The van der Waals surface area contributed by atoms with E-state index >= 15 is 0 Å². The molecule has 2 aliphatic heterocycles. The number of nitrogens with zero attached hydrogens (tertiary/aromatic N) is 1. The number of halogens is 1. The molecule has 122 valence electrons. The van der Waals surface area contributed by atoms with Gasteiger partial charge in [0.25, 0.3) is 0 Å². The van der Waals surface area contributed by atoms with Crippen molar-refractivity contribution in [3.63, 3.8) is 0 Å². The number of imide groups is 1. The Labute approximate surface area is 143 Å². The van der Waals surface area contributed by atoms with E-state index in [2.05, 4.69) is 40.3 Å². The van der Waals surface area contributed by atoms with E-state index in [4.69, 9.17) is 0 Å². The average Bonchev–Trinajstić information content (AvgIpc) is 2.43. The van der Waals surface area contributed by atoms with Gasteiger partial charge in [0.2, 0.25) is 17.7 Å². The molecule has 1 N–H and O–H groups in total. The molecule has 2 aliphatic rings. The van der Waals surface area contributed by atoms with Crippen LogP contribution in [0.25, 0.3) is 0 Å². The number of rotatable bonds is 3. The van der Waals surface area contributed by atoms with Crippen molar-refractivity contribution in [2.45, 2.75) is 31.6 Å². The van der Waals surface area contributed by atoms with Crippen LogP contribution in [-0.4, -0.2) is 35.7 Å². The number of carbonyl (C=O) groups is 3. The Kier molecular flexibility index (Phi) is 4.27. The Morgan fingerprint density at radius 1 is 1.22 bits per heavy atom. The van der Waals surface area contributed by atoms with Crippen molar-refractivity contribution in [3.05, 3.63) is 34.3 Å². The highest BCUT2D eigenvalue weighted by Gasteiger charge is 2.43. The Morgan fingerprint density at radius 3 is 2.35 bits per heavy atom. The van der Waals surface area contributed by atoms with Gasteiger partial charge in [-0.15, -0.1) is 0 Å². The number of nitrogens with one attached hydrogen (secondary N) is 1. The fraction of sp³-hybridized carbons (Fsp3) is 0.471. The van der Waals surface area contributed by atoms with Crippen LogP contribution in [0.15, 0.2) is 28.7 Å². The summed E-state index contributed by atoms with van der Waals surface area (Å²) in [7, 11) is 0. The number of benzene rings is 1. The maximum absolute atomic E-state index is 12.4. The van der Waals surface area contributed by atoms with Crippen molar-refractivity contribution in [2.75, 3.05) is 13.1 Å². The third kappa shape index (κ3) is 3.47. The monoisotopic (exact) mass is 378 g/mol. The molecule has 2 heterocycles. The number of hydrogen-bond donors (Lipinski definition) is 1. The smallest absolute Gasteiger partial charge is 0.226 e. The van der Waals surface area contributed by atoms with Crippen molar-refractivity contribution in [1.29, 1.82) is 0 Å². The van der Waals surface area contributed by atoms with E-state index in [9.17, 15) is 14.4 Å². The topological polar surface area (TPSA) is 66.5 Å². The van der Waals surface area contributed by atoms with Gasteiger partial charge in [-0.25, -0.2) is 0 Å². The summed E-state index contributed by atoms with van der Waals surface area (Å²) < 4.78 is 1.04. The molecule has 0 radical (unpaired) electrons. The largest absolute Gasteiger partial charge is 0.341 e. The van der Waals surface area contributed by atoms with Crippen LogP contribution in [0.5, 0.6) is 0 Å². The van der Waals surface area contributed by atoms with Crippen LogP contribution in [0.4, 0.5) is 0 Å². The van der Waals surface area contributed by atoms with Gasteiger partial charge in [0.1, 0.15) is 0 Å². The zero-order chi connectivity index (χ0) is 16.6. The SMILES string of the molecule is CC1(c2ccc(Br)cc2)CN(C(=O)CC2CC(=O)NC(=O)C2)C1. The van der Waals surface area contributed by atoms with Gasteiger partial charge in [0, 0.05) is 42.2 Å². The molecule has 5 nitrogen and oxygen atoms in total. The molecule has 0 spiro atoms. The lowest BCUT2D eigenvalue weighted by molar-refractivity contribution is -0.141. The van der Waals surface area contributed by atoms with Gasteiger partial charge in [-0.3, -0.25) is 19.7 Å². The maximum Gasteiger partial charge on any atom is 0.226 e. The quantitative estimate of drug-likeness (QED) is 0.817. The van der Waals surface area contributed by atoms with Gasteiger partial charge in [-0.05, 0) is 23.6 Å². The van der Waals surface area contributed by atoms with E-state index in [0.29, 0.717) is 13.1 Å². The molecule has 0 unspecified atom stereocenters. The highest BCUT2D eigenvalue weighted by molar-refractivity contribution is 9.10. The van der Waals surface area contributed by atoms with E-state index < -0.39 is 0 Å². The van der Waals surface area contributed by atoms with Crippen molar-refractivity contribution >= 4 is 33.7 Å². The fourth-order valence-electron chi connectivity index (χ4n) is 3.38. The van der Waals surface area contributed by atoms with E-state index in [1.165, 1.54) is 5.56 Å². The number of piperidine rings is 1. The Morgan fingerprint density at radius 2 is 1.78 bits per heavy atom. The van der Waals surface area contributed by atoms with Gasteiger partial charge >= 0.3 is 0 Å². The van der Waals surface area contributed by atoms with Crippen LogP contribution in [-0.2, 0) is 19.8 Å². The van der Waals surface area contributed by atoms with Crippen LogP contribution in [0, 0.1) is 5.92 Å². The van der Waals surface area contributed by atoms with Crippen molar-refractivity contribution in [1.82, 2.24) is 10.2 Å². The lowest BCUT2D eigenvalue weighted by Gasteiger charge is -2.49. The first-order valence-corrected chi connectivity index (χ1v) is 8.51.